The van der Waals surface area contributed by atoms with Gasteiger partial charge >= 0.3 is 0 Å². The molecule has 0 aliphatic carbocycles. The number of hydrogen-bond acceptors (Lipinski definition) is 5. The van der Waals surface area contributed by atoms with Crippen molar-refractivity contribution >= 4 is 11.4 Å². The highest BCUT2D eigenvalue weighted by molar-refractivity contribution is 6.10. The van der Waals surface area contributed by atoms with E-state index in [1.807, 2.05) is 6.07 Å². The lowest BCUT2D eigenvalue weighted by atomic mass is 10.3. The molecule has 2 aromatic rings. The second-order valence-corrected chi connectivity index (χ2v) is 3.85. The number of nitrogens with one attached hydrogen (secondary N) is 1. The van der Waals surface area contributed by atoms with Gasteiger partial charge < -0.3 is 4.74 Å². The Kier molecular flexibility index (Phi) is 4.47. The molecule has 2 rings (SSSR count). The van der Waals surface area contributed by atoms with Gasteiger partial charge in [0.2, 0.25) is 5.71 Å². The highest BCUT2D eigenvalue weighted by Crippen LogP contribution is 2.30. The number of nitrogens with zero attached hydrogens (tertiary/aromatic N) is 3. The average Bonchev–Trinajstić information content (AvgIpc) is 2.52. The van der Waals surface area contributed by atoms with Gasteiger partial charge in [0.25, 0.3) is 0 Å². The van der Waals surface area contributed by atoms with Crippen LogP contribution in [0, 0.1) is 28.5 Å². The minimum atomic E-state index is -0.497. The summed E-state index contributed by atoms with van der Waals surface area (Å²) < 4.78 is 18.9. The summed E-state index contributed by atoms with van der Waals surface area (Å²) in [5.41, 5.74) is 2.29. The monoisotopic (exact) mass is 280 g/mol. The Hall–Kier alpha value is -3.38. The molecule has 0 radical (unpaired) electrons. The lowest BCUT2D eigenvalue weighted by molar-refractivity contribution is 0.482. The molecule has 0 saturated carbocycles. The minimum Gasteiger partial charge on any atom is -0.455 e. The molecule has 5 nitrogen and oxygen atoms in total. The summed E-state index contributed by atoms with van der Waals surface area (Å²) in [5, 5.41) is 20.8. The van der Waals surface area contributed by atoms with Gasteiger partial charge in [-0.1, -0.05) is 18.2 Å². The van der Waals surface area contributed by atoms with Crippen LogP contribution in [0.1, 0.15) is 0 Å². The summed E-state index contributed by atoms with van der Waals surface area (Å²) in [6.45, 7) is 0. The van der Waals surface area contributed by atoms with Crippen LogP contribution in [0.3, 0.4) is 0 Å². The zero-order valence-corrected chi connectivity index (χ0v) is 10.7. The fourth-order valence-corrected chi connectivity index (χ4v) is 1.49. The van der Waals surface area contributed by atoms with Crippen molar-refractivity contribution in [1.29, 1.82) is 10.5 Å². The Morgan fingerprint density at radius 2 is 1.81 bits per heavy atom. The number of hydrazone groups is 1. The second-order valence-electron chi connectivity index (χ2n) is 3.85. The predicted molar refractivity (Wildman–Crippen MR) is 75.2 cm³/mol. The minimum absolute atomic E-state index is 0.210. The highest BCUT2D eigenvalue weighted by atomic mass is 19.1. The van der Waals surface area contributed by atoms with Crippen molar-refractivity contribution in [2.75, 3.05) is 5.43 Å². The molecular weight excluding hydrogens is 271 g/mol. The summed E-state index contributed by atoms with van der Waals surface area (Å²) in [7, 11) is 0. The first kappa shape index (κ1) is 14.0. The van der Waals surface area contributed by atoms with E-state index in [-0.39, 0.29) is 11.4 Å². The number of nitriles is 2. The van der Waals surface area contributed by atoms with Crippen LogP contribution in [0.15, 0.2) is 53.6 Å². The van der Waals surface area contributed by atoms with Crippen LogP contribution in [0.2, 0.25) is 0 Å². The fourth-order valence-electron chi connectivity index (χ4n) is 1.49. The Labute approximate surface area is 120 Å². The van der Waals surface area contributed by atoms with E-state index in [9.17, 15) is 4.39 Å². The van der Waals surface area contributed by atoms with Crippen LogP contribution in [0.5, 0.6) is 11.5 Å². The maximum Gasteiger partial charge on any atom is 0.237 e. The number of ether oxygens (including phenoxy) is 1. The molecule has 2 aromatic carbocycles. The SMILES string of the molecule is N#CC(C#N)=NNc1cc(F)ccc1Oc1ccccc1. The lowest BCUT2D eigenvalue weighted by Crippen LogP contribution is -1.99. The van der Waals surface area contributed by atoms with E-state index in [1.165, 1.54) is 12.1 Å². The van der Waals surface area contributed by atoms with Crippen molar-refractivity contribution in [3.63, 3.8) is 0 Å². The van der Waals surface area contributed by atoms with Crippen LogP contribution in [-0.2, 0) is 0 Å². The molecular formula is C15H9FN4O. The summed E-state index contributed by atoms with van der Waals surface area (Å²) in [6.07, 6.45) is 0. The van der Waals surface area contributed by atoms with E-state index in [4.69, 9.17) is 15.3 Å². The molecule has 0 saturated heterocycles. The standard InChI is InChI=1S/C15H9FN4O/c16-11-6-7-15(21-13-4-2-1-3-5-13)14(8-11)20-19-12(9-17)10-18/h1-8,20H. The van der Waals surface area contributed by atoms with E-state index >= 15 is 0 Å². The van der Waals surface area contributed by atoms with Gasteiger partial charge in [0, 0.05) is 6.07 Å². The molecule has 0 atom stereocenters. The third kappa shape index (κ3) is 3.79. The fraction of sp³-hybridized carbons (Fsp3) is 0. The quantitative estimate of drug-likeness (QED) is 0.687. The highest BCUT2D eigenvalue weighted by Gasteiger charge is 2.07. The van der Waals surface area contributed by atoms with Crippen molar-refractivity contribution in [2.24, 2.45) is 5.10 Å². The molecule has 0 bridgehead atoms. The third-order valence-corrected chi connectivity index (χ3v) is 2.41. The van der Waals surface area contributed by atoms with Gasteiger partial charge in [0.05, 0.1) is 0 Å². The second kappa shape index (κ2) is 6.69. The van der Waals surface area contributed by atoms with Gasteiger partial charge in [0.1, 0.15) is 29.4 Å². The number of para-hydroxylation sites is 1. The topological polar surface area (TPSA) is 81.2 Å². The van der Waals surface area contributed by atoms with E-state index < -0.39 is 5.82 Å². The van der Waals surface area contributed by atoms with Crippen molar-refractivity contribution in [1.82, 2.24) is 0 Å². The number of anilines is 1. The molecule has 0 aliphatic rings. The van der Waals surface area contributed by atoms with Crippen molar-refractivity contribution in [2.45, 2.75) is 0 Å². The lowest BCUT2D eigenvalue weighted by Gasteiger charge is -2.10. The van der Waals surface area contributed by atoms with Gasteiger partial charge in [0.15, 0.2) is 5.75 Å². The molecule has 0 aliphatic heterocycles. The van der Waals surface area contributed by atoms with Crippen molar-refractivity contribution in [3.05, 3.63) is 54.3 Å². The van der Waals surface area contributed by atoms with E-state index in [0.29, 0.717) is 11.5 Å². The van der Waals surface area contributed by atoms with Crippen LogP contribution in [0.4, 0.5) is 10.1 Å². The van der Waals surface area contributed by atoms with Crippen LogP contribution in [0.25, 0.3) is 0 Å². The van der Waals surface area contributed by atoms with Crippen molar-refractivity contribution in [3.8, 4) is 23.6 Å². The molecule has 0 fully saturated rings. The zero-order chi connectivity index (χ0) is 15.1. The largest absolute Gasteiger partial charge is 0.455 e. The Morgan fingerprint density at radius 3 is 2.48 bits per heavy atom. The summed E-state index contributed by atoms with van der Waals surface area (Å²) in [6, 6.07) is 15.9. The third-order valence-electron chi connectivity index (χ3n) is 2.41. The summed E-state index contributed by atoms with van der Waals surface area (Å²) in [4.78, 5) is 0. The van der Waals surface area contributed by atoms with Crippen LogP contribution >= 0.6 is 0 Å². The molecule has 0 amide bonds. The first-order valence-electron chi connectivity index (χ1n) is 5.89. The summed E-state index contributed by atoms with van der Waals surface area (Å²) >= 11 is 0. The summed E-state index contributed by atoms with van der Waals surface area (Å²) in [5.74, 6) is 0.391. The van der Waals surface area contributed by atoms with Gasteiger partial charge in [-0.3, -0.25) is 5.43 Å². The molecule has 0 spiro atoms. The average molecular weight is 280 g/mol. The first-order valence-corrected chi connectivity index (χ1v) is 5.89. The number of rotatable bonds is 4. The Morgan fingerprint density at radius 1 is 1.10 bits per heavy atom. The van der Waals surface area contributed by atoms with Gasteiger partial charge in [-0.05, 0) is 24.3 Å². The smallest absolute Gasteiger partial charge is 0.237 e. The van der Waals surface area contributed by atoms with Crippen molar-refractivity contribution < 1.29 is 9.13 Å². The van der Waals surface area contributed by atoms with Gasteiger partial charge in [-0.2, -0.15) is 15.6 Å². The maximum atomic E-state index is 13.3. The molecule has 21 heavy (non-hydrogen) atoms. The zero-order valence-electron chi connectivity index (χ0n) is 10.7. The molecule has 0 heterocycles. The first-order chi connectivity index (χ1) is 10.2. The predicted octanol–water partition coefficient (Wildman–Crippen LogP) is 3.43. The number of halogens is 1. The molecule has 6 heteroatoms. The van der Waals surface area contributed by atoms with E-state index in [0.717, 1.165) is 6.07 Å². The van der Waals surface area contributed by atoms with Crippen LogP contribution < -0.4 is 10.2 Å². The Balaban J connectivity index is 2.28. The van der Waals surface area contributed by atoms with E-state index in [1.54, 1.807) is 36.4 Å². The maximum absolute atomic E-state index is 13.3. The molecule has 0 unspecified atom stereocenters. The number of hydrogen-bond donors (Lipinski definition) is 1. The molecule has 0 aromatic heterocycles. The van der Waals surface area contributed by atoms with E-state index in [2.05, 4.69) is 10.5 Å². The number of benzene rings is 2. The van der Waals surface area contributed by atoms with Crippen LogP contribution in [-0.4, -0.2) is 5.71 Å². The normalized spacial score (nSPS) is 9.10. The van der Waals surface area contributed by atoms with Gasteiger partial charge in [-0.25, -0.2) is 4.39 Å². The molecule has 1 N–H and O–H groups in total. The molecule has 102 valence electrons. The Bertz CT molecular complexity index is 729. The van der Waals surface area contributed by atoms with Gasteiger partial charge in [-0.15, -0.1) is 0 Å².